The van der Waals surface area contributed by atoms with Gasteiger partial charge in [0.2, 0.25) is 0 Å². The van der Waals surface area contributed by atoms with Crippen LogP contribution < -0.4 is 0 Å². The molecule has 0 radical (unpaired) electrons. The van der Waals surface area contributed by atoms with Gasteiger partial charge in [0.05, 0.1) is 16.0 Å². The zero-order chi connectivity index (χ0) is 20.5. The van der Waals surface area contributed by atoms with E-state index in [1.165, 1.54) is 0 Å². The number of benzene rings is 1. The maximum absolute atomic E-state index is 11.8. The van der Waals surface area contributed by atoms with E-state index in [2.05, 4.69) is 13.8 Å². The molecule has 1 fully saturated rings. The summed E-state index contributed by atoms with van der Waals surface area (Å²) in [5.74, 6) is -0.0187. The molecular weight excluding hydrogens is 360 g/mol. The van der Waals surface area contributed by atoms with Crippen molar-refractivity contribution in [1.82, 2.24) is 0 Å². The van der Waals surface area contributed by atoms with Crippen LogP contribution in [0.25, 0.3) is 0 Å². The van der Waals surface area contributed by atoms with Gasteiger partial charge in [0.1, 0.15) is 0 Å². The minimum Gasteiger partial charge on any atom is -0.378 e. The van der Waals surface area contributed by atoms with Gasteiger partial charge in [0.15, 0.2) is 0 Å². The lowest BCUT2D eigenvalue weighted by molar-refractivity contribution is -0.423. The number of aryl methyl sites for hydroxylation is 1. The number of ether oxygens (including phenoxy) is 1. The fourth-order valence-electron chi connectivity index (χ4n) is 4.06. The fraction of sp³-hybridized carbons (Fsp3) is 0.714. The van der Waals surface area contributed by atoms with E-state index in [0.29, 0.717) is 17.5 Å². The number of nitro benzene ring substituents is 2. The molecule has 0 amide bonds. The third kappa shape index (κ3) is 5.74. The van der Waals surface area contributed by atoms with Crippen LogP contribution in [-0.4, -0.2) is 22.6 Å². The van der Waals surface area contributed by atoms with E-state index in [1.807, 2.05) is 0 Å². The van der Waals surface area contributed by atoms with E-state index in [1.54, 1.807) is 12.1 Å². The molecule has 0 heterocycles. The third-order valence-electron chi connectivity index (χ3n) is 5.65. The first kappa shape index (κ1) is 22.3. The van der Waals surface area contributed by atoms with Gasteiger partial charge < -0.3 is 4.74 Å². The van der Waals surface area contributed by atoms with Gasteiger partial charge in [0, 0.05) is 17.7 Å². The van der Waals surface area contributed by atoms with Crippen LogP contribution in [-0.2, 0) is 11.2 Å². The molecule has 1 saturated carbocycles. The average Bonchev–Trinajstić information content (AvgIpc) is 2.68. The fourth-order valence-corrected chi connectivity index (χ4v) is 4.06. The van der Waals surface area contributed by atoms with Gasteiger partial charge >= 0.3 is 11.4 Å². The highest BCUT2D eigenvalue weighted by Crippen LogP contribution is 2.43. The third-order valence-corrected chi connectivity index (χ3v) is 5.65. The van der Waals surface area contributed by atoms with E-state index in [0.717, 1.165) is 64.4 Å². The summed E-state index contributed by atoms with van der Waals surface area (Å²) in [4.78, 5) is 22.4. The quantitative estimate of drug-likeness (QED) is 0.258. The Morgan fingerprint density at radius 2 is 1.57 bits per heavy atom. The Hall–Kier alpha value is -2.02. The number of nitro groups is 2. The van der Waals surface area contributed by atoms with Crippen LogP contribution in [0.15, 0.2) is 12.1 Å². The molecule has 0 saturated heterocycles. The van der Waals surface area contributed by atoms with Crippen LogP contribution in [0.3, 0.4) is 0 Å². The number of hydrogen-bond donors (Lipinski definition) is 0. The lowest BCUT2D eigenvalue weighted by Gasteiger charge is -2.28. The van der Waals surface area contributed by atoms with Gasteiger partial charge in [-0.05, 0) is 50.9 Å². The number of unbranched alkanes of at least 4 members (excludes halogenated alkanes) is 3. The van der Waals surface area contributed by atoms with Crippen LogP contribution in [0.5, 0.6) is 0 Å². The predicted octanol–water partition coefficient (Wildman–Crippen LogP) is 6.08. The minimum absolute atomic E-state index is 0.0187. The molecule has 0 atom stereocenters. The van der Waals surface area contributed by atoms with Crippen molar-refractivity contribution in [1.29, 1.82) is 0 Å². The van der Waals surface area contributed by atoms with Crippen molar-refractivity contribution in [2.24, 2.45) is 0 Å². The van der Waals surface area contributed by atoms with Crippen LogP contribution in [0.4, 0.5) is 11.4 Å². The van der Waals surface area contributed by atoms with E-state index >= 15 is 0 Å². The topological polar surface area (TPSA) is 95.5 Å². The van der Waals surface area contributed by atoms with E-state index in [9.17, 15) is 20.2 Å². The smallest absolute Gasteiger partial charge is 0.349 e. The van der Waals surface area contributed by atoms with Gasteiger partial charge in [-0.3, -0.25) is 20.2 Å². The van der Waals surface area contributed by atoms with E-state index < -0.39 is 9.85 Å². The maximum atomic E-state index is 11.8. The molecular formula is C21H32N2O5. The van der Waals surface area contributed by atoms with Crippen molar-refractivity contribution in [2.45, 2.75) is 90.1 Å². The van der Waals surface area contributed by atoms with Crippen molar-refractivity contribution in [2.75, 3.05) is 6.61 Å². The molecule has 0 spiro atoms. The molecule has 1 aromatic rings. The van der Waals surface area contributed by atoms with Crippen molar-refractivity contribution >= 4 is 11.4 Å². The largest absolute Gasteiger partial charge is 0.378 e. The second kappa shape index (κ2) is 11.1. The molecule has 0 bridgehead atoms. The summed E-state index contributed by atoms with van der Waals surface area (Å²) < 4.78 is 5.88. The Morgan fingerprint density at radius 1 is 0.929 bits per heavy atom. The molecule has 0 aliphatic heterocycles. The molecule has 7 nitrogen and oxygen atoms in total. The average molecular weight is 392 g/mol. The van der Waals surface area contributed by atoms with Crippen LogP contribution >= 0.6 is 0 Å². The van der Waals surface area contributed by atoms with Gasteiger partial charge in [-0.1, -0.05) is 45.2 Å². The van der Waals surface area contributed by atoms with E-state index in [4.69, 9.17) is 4.74 Å². The van der Waals surface area contributed by atoms with Gasteiger partial charge in [-0.2, -0.15) is 0 Å². The summed E-state index contributed by atoms with van der Waals surface area (Å²) in [7, 11) is 0. The highest BCUT2D eigenvalue weighted by atomic mass is 16.6. The standard InChI is InChI=1S/C21H32N2O5/c1-3-5-7-8-17-11-14-19(21(23(26)27)20(17)22(24)25)16-9-12-18(13-10-16)28-15-6-4-2/h11,14,16,18H,3-10,12-13,15H2,1-2H3. The molecule has 156 valence electrons. The summed E-state index contributed by atoms with van der Waals surface area (Å²) >= 11 is 0. The van der Waals surface area contributed by atoms with Crippen molar-refractivity contribution in [3.05, 3.63) is 43.5 Å². The Labute approximate surface area is 166 Å². The molecule has 0 N–H and O–H groups in total. The highest BCUT2D eigenvalue weighted by molar-refractivity contribution is 5.63. The van der Waals surface area contributed by atoms with Crippen molar-refractivity contribution in [3.63, 3.8) is 0 Å². The van der Waals surface area contributed by atoms with Crippen LogP contribution in [0, 0.1) is 20.2 Å². The lowest BCUT2D eigenvalue weighted by atomic mass is 9.81. The van der Waals surface area contributed by atoms with Crippen molar-refractivity contribution in [3.8, 4) is 0 Å². The zero-order valence-corrected chi connectivity index (χ0v) is 17.0. The Bertz CT molecular complexity index is 669. The van der Waals surface area contributed by atoms with Gasteiger partial charge in [-0.25, -0.2) is 0 Å². The molecule has 0 aromatic heterocycles. The first-order valence-electron chi connectivity index (χ1n) is 10.6. The Kier molecular flexibility index (Phi) is 8.83. The molecule has 1 aromatic carbocycles. The first-order chi connectivity index (χ1) is 13.5. The van der Waals surface area contributed by atoms with Gasteiger partial charge in [0.25, 0.3) is 0 Å². The minimum atomic E-state index is -0.567. The Balaban J connectivity index is 2.21. The second-order valence-electron chi connectivity index (χ2n) is 7.68. The summed E-state index contributed by atoms with van der Waals surface area (Å²) in [5, 5.41) is 23.5. The Morgan fingerprint density at radius 3 is 2.14 bits per heavy atom. The van der Waals surface area contributed by atoms with Gasteiger partial charge in [-0.15, -0.1) is 0 Å². The normalized spacial score (nSPS) is 19.5. The molecule has 28 heavy (non-hydrogen) atoms. The molecule has 1 aliphatic carbocycles. The molecule has 7 heteroatoms. The van der Waals surface area contributed by atoms with Crippen LogP contribution in [0.1, 0.15) is 88.7 Å². The summed E-state index contributed by atoms with van der Waals surface area (Å²) in [5.41, 5.74) is 0.391. The monoisotopic (exact) mass is 392 g/mol. The predicted molar refractivity (Wildman–Crippen MR) is 109 cm³/mol. The number of rotatable bonds is 11. The zero-order valence-electron chi connectivity index (χ0n) is 17.0. The summed E-state index contributed by atoms with van der Waals surface area (Å²) in [6.07, 6.45) is 8.81. The molecule has 0 unspecified atom stereocenters. The number of nitrogens with zero attached hydrogens (tertiary/aromatic N) is 2. The highest BCUT2D eigenvalue weighted by Gasteiger charge is 2.36. The van der Waals surface area contributed by atoms with Crippen molar-refractivity contribution < 1.29 is 14.6 Å². The summed E-state index contributed by atoms with van der Waals surface area (Å²) in [6.45, 7) is 4.93. The van der Waals surface area contributed by atoms with Crippen LogP contribution in [0.2, 0.25) is 0 Å². The molecule has 1 aliphatic rings. The molecule has 2 rings (SSSR count). The number of hydrogen-bond acceptors (Lipinski definition) is 5. The maximum Gasteiger partial charge on any atom is 0.349 e. The first-order valence-corrected chi connectivity index (χ1v) is 10.6. The SMILES string of the molecule is CCCCCc1ccc(C2CCC(OCCCC)CC2)c([N+](=O)[O-])c1[N+](=O)[O-]. The van der Waals surface area contributed by atoms with E-state index in [-0.39, 0.29) is 23.4 Å². The summed E-state index contributed by atoms with van der Waals surface area (Å²) in [6, 6.07) is 3.50. The second-order valence-corrected chi connectivity index (χ2v) is 7.68. The lowest BCUT2D eigenvalue weighted by Crippen LogP contribution is -2.22.